The summed E-state index contributed by atoms with van der Waals surface area (Å²) in [6.45, 7) is 3.82. The molecule has 1 atom stereocenters. The van der Waals surface area contributed by atoms with Gasteiger partial charge in [-0.25, -0.2) is 4.39 Å². The van der Waals surface area contributed by atoms with Gasteiger partial charge in [0.2, 0.25) is 5.91 Å². The lowest BCUT2D eigenvalue weighted by Crippen LogP contribution is -2.48. The Morgan fingerprint density at radius 3 is 2.83 bits per heavy atom. The smallest absolute Gasteiger partial charge is 0.239 e. The van der Waals surface area contributed by atoms with Crippen LogP contribution >= 0.6 is 12.2 Å². The summed E-state index contributed by atoms with van der Waals surface area (Å²) in [5.74, 6) is -0.512. The molecule has 0 radical (unpaired) electrons. The first-order chi connectivity index (χ1) is 14.1. The second-order valence-corrected chi connectivity index (χ2v) is 7.25. The monoisotopic (exact) mass is 419 g/mol. The highest BCUT2D eigenvalue weighted by atomic mass is 32.1. The first kappa shape index (κ1) is 19.5. The number of carbonyl (C=O) groups excluding carboxylic acids is 1. The van der Waals surface area contributed by atoms with Gasteiger partial charge in [-0.15, -0.1) is 0 Å². The molecule has 2 aliphatic rings. The number of nitrogens with one attached hydrogen (secondary N) is 3. The number of carbonyl (C=O) groups is 1. The van der Waals surface area contributed by atoms with Crippen LogP contribution in [0, 0.1) is 5.82 Å². The number of hydrogen-bond acceptors (Lipinski definition) is 6. The minimum atomic E-state index is -0.461. The van der Waals surface area contributed by atoms with Crippen molar-refractivity contribution < 1.29 is 13.9 Å². The van der Waals surface area contributed by atoms with Gasteiger partial charge in [0.25, 0.3) is 0 Å². The van der Waals surface area contributed by atoms with E-state index < -0.39 is 11.9 Å². The summed E-state index contributed by atoms with van der Waals surface area (Å²) in [5, 5.41) is 17.2. The van der Waals surface area contributed by atoms with Crippen LogP contribution in [0.2, 0.25) is 0 Å². The molecule has 0 spiro atoms. The molecule has 2 fully saturated rings. The zero-order valence-corrected chi connectivity index (χ0v) is 16.5. The van der Waals surface area contributed by atoms with E-state index in [1.807, 2.05) is 11.0 Å². The van der Waals surface area contributed by atoms with Crippen LogP contribution in [0.3, 0.4) is 0 Å². The maximum Gasteiger partial charge on any atom is 0.239 e. The SMILES string of the molecule is O=C1CN(c2ccc(C(NC(=S)N3CCOCC3)c3cn[nH]n3)cc2F)CCN1. The fourth-order valence-electron chi connectivity index (χ4n) is 3.46. The molecule has 2 aliphatic heterocycles. The minimum absolute atomic E-state index is 0.113. The van der Waals surface area contributed by atoms with Gasteiger partial charge in [-0.3, -0.25) is 4.79 Å². The summed E-state index contributed by atoms with van der Waals surface area (Å²) in [6.07, 6.45) is 1.58. The number of hydrogen-bond donors (Lipinski definition) is 3. The summed E-state index contributed by atoms with van der Waals surface area (Å²) in [7, 11) is 0. The summed E-state index contributed by atoms with van der Waals surface area (Å²) in [6, 6.07) is 4.50. The molecule has 0 bridgehead atoms. The quantitative estimate of drug-likeness (QED) is 0.604. The van der Waals surface area contributed by atoms with Gasteiger partial charge in [-0.1, -0.05) is 6.07 Å². The molecule has 1 aromatic heterocycles. The number of thiocarbonyl (C=S) groups is 1. The summed E-state index contributed by atoms with van der Waals surface area (Å²) in [4.78, 5) is 15.4. The van der Waals surface area contributed by atoms with E-state index in [4.69, 9.17) is 17.0 Å². The molecule has 0 aliphatic carbocycles. The molecule has 0 saturated carbocycles. The van der Waals surface area contributed by atoms with Crippen LogP contribution in [-0.4, -0.2) is 77.3 Å². The Balaban J connectivity index is 1.57. The zero-order valence-electron chi connectivity index (χ0n) is 15.7. The molecule has 154 valence electrons. The Labute approximate surface area is 172 Å². The van der Waals surface area contributed by atoms with Crippen molar-refractivity contribution in [3.63, 3.8) is 0 Å². The van der Waals surface area contributed by atoms with E-state index in [-0.39, 0.29) is 12.5 Å². The molecule has 2 saturated heterocycles. The van der Waals surface area contributed by atoms with Gasteiger partial charge < -0.3 is 25.2 Å². The Morgan fingerprint density at radius 1 is 1.31 bits per heavy atom. The predicted molar refractivity (Wildman–Crippen MR) is 108 cm³/mol. The van der Waals surface area contributed by atoms with Crippen molar-refractivity contribution in [3.05, 3.63) is 41.5 Å². The molecule has 4 rings (SSSR count). The van der Waals surface area contributed by atoms with Crippen molar-refractivity contribution in [2.45, 2.75) is 6.04 Å². The third kappa shape index (κ3) is 4.46. The van der Waals surface area contributed by atoms with E-state index >= 15 is 0 Å². The third-order valence-electron chi connectivity index (χ3n) is 4.98. The van der Waals surface area contributed by atoms with E-state index in [9.17, 15) is 9.18 Å². The molecule has 2 aromatic rings. The highest BCUT2D eigenvalue weighted by Gasteiger charge is 2.24. The van der Waals surface area contributed by atoms with E-state index in [2.05, 4.69) is 26.0 Å². The second-order valence-electron chi connectivity index (χ2n) is 6.86. The molecule has 1 unspecified atom stereocenters. The number of nitrogens with zero attached hydrogens (tertiary/aromatic N) is 4. The summed E-state index contributed by atoms with van der Waals surface area (Å²) >= 11 is 5.55. The van der Waals surface area contributed by atoms with Crippen molar-refractivity contribution in [2.75, 3.05) is 50.8 Å². The summed E-state index contributed by atoms with van der Waals surface area (Å²) < 4.78 is 20.3. The number of aromatic nitrogens is 3. The number of aromatic amines is 1. The lowest BCUT2D eigenvalue weighted by Gasteiger charge is -2.32. The number of amides is 1. The van der Waals surface area contributed by atoms with Crippen LogP contribution in [0.5, 0.6) is 0 Å². The predicted octanol–water partition coefficient (Wildman–Crippen LogP) is 0.176. The molecule has 29 heavy (non-hydrogen) atoms. The highest BCUT2D eigenvalue weighted by molar-refractivity contribution is 7.80. The van der Waals surface area contributed by atoms with E-state index in [0.717, 1.165) is 0 Å². The van der Waals surface area contributed by atoms with Gasteiger partial charge >= 0.3 is 0 Å². The van der Waals surface area contributed by atoms with Crippen LogP contribution in [0.1, 0.15) is 17.3 Å². The molecular weight excluding hydrogens is 397 g/mol. The Hall–Kier alpha value is -2.79. The van der Waals surface area contributed by atoms with E-state index in [1.165, 1.54) is 6.07 Å². The molecule has 1 amide bonds. The number of benzene rings is 1. The maximum absolute atomic E-state index is 15.0. The maximum atomic E-state index is 15.0. The normalized spacial score (nSPS) is 18.3. The molecule has 3 heterocycles. The minimum Gasteiger partial charge on any atom is -0.378 e. The first-order valence-electron chi connectivity index (χ1n) is 9.42. The second kappa shape index (κ2) is 8.70. The Bertz CT molecular complexity index is 873. The lowest BCUT2D eigenvalue weighted by molar-refractivity contribution is -0.120. The fourth-order valence-corrected chi connectivity index (χ4v) is 3.76. The van der Waals surface area contributed by atoms with Crippen molar-refractivity contribution in [1.82, 2.24) is 30.9 Å². The Morgan fingerprint density at radius 2 is 2.14 bits per heavy atom. The number of H-pyrrole nitrogens is 1. The fraction of sp³-hybridized carbons (Fsp3) is 0.444. The standard InChI is InChI=1S/C18H22FN7O2S/c19-13-9-12(1-2-15(13)26-4-3-20-16(27)11-26)17(14-10-21-24-23-14)22-18(29)25-5-7-28-8-6-25/h1-2,9-10,17H,3-8,11H2,(H,20,27)(H,22,29)(H,21,23,24). The molecule has 9 nitrogen and oxygen atoms in total. The third-order valence-corrected chi connectivity index (χ3v) is 5.36. The number of piperazine rings is 1. The molecule has 3 N–H and O–H groups in total. The van der Waals surface area contributed by atoms with Gasteiger partial charge in [0.15, 0.2) is 5.11 Å². The first-order valence-corrected chi connectivity index (χ1v) is 9.82. The van der Waals surface area contributed by atoms with Gasteiger partial charge in [-0.05, 0) is 29.9 Å². The van der Waals surface area contributed by atoms with Crippen molar-refractivity contribution in [1.29, 1.82) is 0 Å². The van der Waals surface area contributed by atoms with Crippen LogP contribution in [0.25, 0.3) is 0 Å². The average Bonchev–Trinajstić information content (AvgIpc) is 3.27. The number of ether oxygens (including phenoxy) is 1. The van der Waals surface area contributed by atoms with Gasteiger partial charge in [0.05, 0.1) is 37.7 Å². The van der Waals surface area contributed by atoms with Crippen LogP contribution in [-0.2, 0) is 9.53 Å². The van der Waals surface area contributed by atoms with Crippen LogP contribution in [0.15, 0.2) is 24.4 Å². The number of halogens is 1. The lowest BCUT2D eigenvalue weighted by atomic mass is 10.0. The van der Waals surface area contributed by atoms with Crippen LogP contribution < -0.4 is 15.5 Å². The van der Waals surface area contributed by atoms with Gasteiger partial charge in [0.1, 0.15) is 11.5 Å². The van der Waals surface area contributed by atoms with Crippen molar-refractivity contribution in [2.24, 2.45) is 0 Å². The highest BCUT2D eigenvalue weighted by Crippen LogP contribution is 2.27. The molecule has 11 heteroatoms. The van der Waals surface area contributed by atoms with Crippen LogP contribution in [0.4, 0.5) is 10.1 Å². The number of anilines is 1. The molecule has 1 aromatic carbocycles. The van der Waals surface area contributed by atoms with Gasteiger partial charge in [0, 0.05) is 26.2 Å². The van der Waals surface area contributed by atoms with E-state index in [1.54, 1.807) is 17.2 Å². The van der Waals surface area contributed by atoms with Crippen molar-refractivity contribution in [3.8, 4) is 0 Å². The largest absolute Gasteiger partial charge is 0.378 e. The topological polar surface area (TPSA) is 98.4 Å². The van der Waals surface area contributed by atoms with Crippen molar-refractivity contribution >= 4 is 28.9 Å². The number of morpholine rings is 1. The van der Waals surface area contributed by atoms with E-state index in [0.29, 0.717) is 61.4 Å². The zero-order chi connectivity index (χ0) is 20.2. The summed E-state index contributed by atoms with van der Waals surface area (Å²) in [5.41, 5.74) is 1.67. The average molecular weight is 419 g/mol. The Kier molecular flexibility index (Phi) is 5.86. The number of rotatable bonds is 4. The van der Waals surface area contributed by atoms with Gasteiger partial charge in [-0.2, -0.15) is 15.4 Å². The molecular formula is C18H22FN7O2S.